The topological polar surface area (TPSA) is 26.3 Å². The summed E-state index contributed by atoms with van der Waals surface area (Å²) in [5.74, 6) is 0.623. The Labute approximate surface area is 151 Å². The molecule has 24 heavy (non-hydrogen) atoms. The third kappa shape index (κ3) is 14.8. The van der Waals surface area contributed by atoms with Crippen LogP contribution in [0.1, 0.15) is 111 Å². The number of esters is 1. The first-order valence-corrected chi connectivity index (χ1v) is 10.3. The summed E-state index contributed by atoms with van der Waals surface area (Å²) in [6, 6.07) is 0. The van der Waals surface area contributed by atoms with Gasteiger partial charge in [-0.3, -0.25) is 0 Å². The molecule has 0 aliphatic carbocycles. The Balaban J connectivity index is 3.39. The first-order valence-electron chi connectivity index (χ1n) is 10.3. The van der Waals surface area contributed by atoms with Gasteiger partial charge in [-0.25, -0.2) is 4.79 Å². The fraction of sp³-hybridized carbons (Fsp3) is 0.864. The van der Waals surface area contributed by atoms with Crippen LogP contribution in [0.25, 0.3) is 0 Å². The van der Waals surface area contributed by atoms with Crippen molar-refractivity contribution >= 4 is 5.97 Å². The fourth-order valence-corrected chi connectivity index (χ4v) is 3.04. The first kappa shape index (κ1) is 23.2. The van der Waals surface area contributed by atoms with E-state index in [1.807, 2.05) is 6.92 Å². The molecule has 0 amide bonds. The fourth-order valence-electron chi connectivity index (χ4n) is 3.04. The van der Waals surface area contributed by atoms with Gasteiger partial charge in [0.15, 0.2) is 0 Å². The summed E-state index contributed by atoms with van der Waals surface area (Å²) in [6.07, 6.45) is 17.2. The predicted octanol–water partition coefficient (Wildman–Crippen LogP) is 7.22. The molecule has 142 valence electrons. The van der Waals surface area contributed by atoms with Gasteiger partial charge in [-0.2, -0.15) is 0 Å². The van der Waals surface area contributed by atoms with Gasteiger partial charge in [0.1, 0.15) is 0 Å². The minimum Gasteiger partial charge on any atom is -0.459 e. The molecule has 2 nitrogen and oxygen atoms in total. The molecule has 0 spiro atoms. The van der Waals surface area contributed by atoms with Gasteiger partial charge in [0.25, 0.3) is 0 Å². The van der Waals surface area contributed by atoms with Crippen molar-refractivity contribution in [3.63, 3.8) is 0 Å². The normalized spacial score (nSPS) is 13.5. The highest BCUT2D eigenvalue weighted by Crippen LogP contribution is 2.18. The molecule has 0 aromatic heterocycles. The largest absolute Gasteiger partial charge is 0.459 e. The molecule has 0 aromatic rings. The predicted molar refractivity (Wildman–Crippen MR) is 105 cm³/mol. The Hall–Kier alpha value is -0.790. The van der Waals surface area contributed by atoms with Gasteiger partial charge in [0.2, 0.25) is 0 Å². The maximum atomic E-state index is 11.4. The lowest BCUT2D eigenvalue weighted by molar-refractivity contribution is -0.143. The van der Waals surface area contributed by atoms with Crippen LogP contribution in [0.3, 0.4) is 0 Å². The smallest absolute Gasteiger partial charge is 0.333 e. The lowest BCUT2D eigenvalue weighted by atomic mass is 9.96. The minimum atomic E-state index is -0.258. The van der Waals surface area contributed by atoms with Crippen molar-refractivity contribution in [2.45, 2.75) is 117 Å². The molecule has 2 heteroatoms. The molecular weight excluding hydrogens is 296 g/mol. The number of unbranched alkanes of at least 4 members (excludes halogenated alkanes) is 8. The van der Waals surface area contributed by atoms with Gasteiger partial charge in [0.05, 0.1) is 6.10 Å². The van der Waals surface area contributed by atoms with E-state index in [0.29, 0.717) is 5.57 Å². The van der Waals surface area contributed by atoms with Crippen molar-refractivity contribution in [3.05, 3.63) is 12.2 Å². The van der Waals surface area contributed by atoms with Gasteiger partial charge in [-0.15, -0.1) is 0 Å². The Morgan fingerprint density at radius 3 is 1.79 bits per heavy atom. The second-order valence-electron chi connectivity index (χ2n) is 7.65. The van der Waals surface area contributed by atoms with Crippen molar-refractivity contribution in [2.24, 2.45) is 5.92 Å². The second kappa shape index (κ2) is 15.7. The van der Waals surface area contributed by atoms with Crippen LogP contribution in [0.4, 0.5) is 0 Å². The molecule has 0 radical (unpaired) electrons. The van der Waals surface area contributed by atoms with E-state index in [0.717, 1.165) is 18.8 Å². The van der Waals surface area contributed by atoms with E-state index in [9.17, 15) is 4.79 Å². The number of carbonyl (C=O) groups excluding carboxylic acids is 1. The number of hydrogen-bond acceptors (Lipinski definition) is 2. The molecule has 0 aliphatic heterocycles. The van der Waals surface area contributed by atoms with Crippen LogP contribution >= 0.6 is 0 Å². The van der Waals surface area contributed by atoms with Crippen molar-refractivity contribution in [2.75, 3.05) is 0 Å². The average Bonchev–Trinajstić information content (AvgIpc) is 2.53. The molecule has 0 aromatic carbocycles. The zero-order chi connectivity index (χ0) is 18.2. The van der Waals surface area contributed by atoms with Crippen molar-refractivity contribution < 1.29 is 9.53 Å². The van der Waals surface area contributed by atoms with E-state index in [1.165, 1.54) is 70.6 Å². The molecule has 2 unspecified atom stereocenters. The zero-order valence-corrected chi connectivity index (χ0v) is 16.9. The van der Waals surface area contributed by atoms with E-state index in [-0.39, 0.29) is 12.1 Å². The summed E-state index contributed by atoms with van der Waals surface area (Å²) < 4.78 is 5.30. The first-order chi connectivity index (χ1) is 11.5. The molecule has 0 rings (SSSR count). The van der Waals surface area contributed by atoms with E-state index < -0.39 is 0 Å². The maximum absolute atomic E-state index is 11.4. The van der Waals surface area contributed by atoms with Gasteiger partial charge < -0.3 is 4.74 Å². The summed E-state index contributed by atoms with van der Waals surface area (Å²) in [6.45, 7) is 12.0. The van der Waals surface area contributed by atoms with Crippen LogP contribution in [0.15, 0.2) is 12.2 Å². The van der Waals surface area contributed by atoms with Crippen molar-refractivity contribution in [1.82, 2.24) is 0 Å². The monoisotopic (exact) mass is 338 g/mol. The molecule has 0 bridgehead atoms. The highest BCUT2D eigenvalue weighted by atomic mass is 16.5. The second-order valence-corrected chi connectivity index (χ2v) is 7.65. The van der Waals surface area contributed by atoms with E-state index >= 15 is 0 Å². The summed E-state index contributed by atoms with van der Waals surface area (Å²) in [4.78, 5) is 11.4. The van der Waals surface area contributed by atoms with Crippen LogP contribution < -0.4 is 0 Å². The number of carbonyl (C=O) groups is 1. The third-order valence-electron chi connectivity index (χ3n) is 4.76. The molecule has 0 saturated carbocycles. The van der Waals surface area contributed by atoms with Crippen LogP contribution in [0.5, 0.6) is 0 Å². The van der Waals surface area contributed by atoms with E-state index in [4.69, 9.17) is 4.74 Å². The van der Waals surface area contributed by atoms with E-state index in [1.54, 1.807) is 6.92 Å². The Bertz CT molecular complexity index is 322. The van der Waals surface area contributed by atoms with Crippen LogP contribution in [0.2, 0.25) is 0 Å². The molecule has 0 saturated heterocycles. The van der Waals surface area contributed by atoms with Crippen LogP contribution in [-0.2, 0) is 9.53 Å². The third-order valence-corrected chi connectivity index (χ3v) is 4.76. The summed E-state index contributed by atoms with van der Waals surface area (Å²) in [5, 5.41) is 0. The van der Waals surface area contributed by atoms with Gasteiger partial charge in [0, 0.05) is 5.57 Å². The molecule has 0 heterocycles. The summed E-state index contributed by atoms with van der Waals surface area (Å²) >= 11 is 0. The zero-order valence-electron chi connectivity index (χ0n) is 16.9. The summed E-state index contributed by atoms with van der Waals surface area (Å²) in [5.41, 5.74) is 0.487. The SMILES string of the molecule is C=C(C)C(=O)OC(C)CCCCCCC(C)CCCCCCCC. The Kier molecular flexibility index (Phi) is 15.2. The van der Waals surface area contributed by atoms with Crippen molar-refractivity contribution in [3.8, 4) is 0 Å². The lowest BCUT2D eigenvalue weighted by Crippen LogP contribution is -2.15. The molecule has 0 fully saturated rings. The Morgan fingerprint density at radius 1 is 0.833 bits per heavy atom. The van der Waals surface area contributed by atoms with Crippen molar-refractivity contribution in [1.29, 1.82) is 0 Å². The molecular formula is C22H42O2. The van der Waals surface area contributed by atoms with Gasteiger partial charge in [-0.05, 0) is 32.6 Å². The maximum Gasteiger partial charge on any atom is 0.333 e. The van der Waals surface area contributed by atoms with Crippen LogP contribution in [-0.4, -0.2) is 12.1 Å². The molecule has 0 N–H and O–H groups in total. The number of hydrogen-bond donors (Lipinski definition) is 0. The van der Waals surface area contributed by atoms with Gasteiger partial charge >= 0.3 is 5.97 Å². The minimum absolute atomic E-state index is 0.0147. The number of rotatable bonds is 16. The highest BCUT2D eigenvalue weighted by molar-refractivity contribution is 5.87. The van der Waals surface area contributed by atoms with Gasteiger partial charge in [-0.1, -0.05) is 91.1 Å². The van der Waals surface area contributed by atoms with Crippen LogP contribution in [0, 0.1) is 5.92 Å². The van der Waals surface area contributed by atoms with E-state index in [2.05, 4.69) is 20.4 Å². The highest BCUT2D eigenvalue weighted by Gasteiger charge is 2.09. The summed E-state index contributed by atoms with van der Waals surface area (Å²) in [7, 11) is 0. The standard InChI is InChI=1S/C22H42O2/c1-6-7-8-9-10-13-16-20(4)17-14-11-12-15-18-21(5)24-22(23)19(2)3/h20-21H,2,6-18H2,1,3-5H3. The Morgan fingerprint density at radius 2 is 1.29 bits per heavy atom. The molecule has 0 aliphatic rings. The average molecular weight is 339 g/mol. The number of ether oxygens (including phenoxy) is 1. The quantitative estimate of drug-likeness (QED) is 0.169. The lowest BCUT2D eigenvalue weighted by Gasteiger charge is -2.13. The molecule has 2 atom stereocenters.